The smallest absolute Gasteiger partial charge is 0.277 e. The van der Waals surface area contributed by atoms with Gasteiger partial charge in [-0.2, -0.15) is 10.4 Å². The topological polar surface area (TPSA) is 83.7 Å². The standard InChI is InChI=1S/C23H17Cl2N3O3/c24-19-5-8-21(9-6-19)30-15-23(29)28-27-13-18-11-20(25)7-10-22(18)31-14-17-3-1-16(12-26)2-4-17/h1-11,13H,14-15H2,(H,28,29)/b27-13+. The maximum atomic E-state index is 11.9. The molecule has 0 saturated heterocycles. The van der Waals surface area contributed by atoms with Gasteiger partial charge in [0.1, 0.15) is 18.1 Å². The Bertz CT molecular complexity index is 1110. The minimum atomic E-state index is -0.423. The number of nitriles is 1. The number of hydrogen-bond acceptors (Lipinski definition) is 5. The van der Waals surface area contributed by atoms with Crippen LogP contribution in [0.15, 0.2) is 71.8 Å². The molecule has 8 heteroatoms. The Morgan fingerprint density at radius 2 is 1.71 bits per heavy atom. The summed E-state index contributed by atoms with van der Waals surface area (Å²) >= 11 is 11.9. The van der Waals surface area contributed by atoms with Crippen LogP contribution in [0, 0.1) is 11.3 Å². The number of carbonyl (C=O) groups is 1. The Labute approximate surface area is 189 Å². The molecule has 0 heterocycles. The highest BCUT2D eigenvalue weighted by atomic mass is 35.5. The van der Waals surface area contributed by atoms with Crippen molar-refractivity contribution in [2.75, 3.05) is 6.61 Å². The summed E-state index contributed by atoms with van der Waals surface area (Å²) in [5, 5.41) is 13.9. The minimum absolute atomic E-state index is 0.198. The number of nitrogens with zero attached hydrogens (tertiary/aromatic N) is 2. The van der Waals surface area contributed by atoms with Crippen LogP contribution in [-0.4, -0.2) is 18.7 Å². The van der Waals surface area contributed by atoms with Crippen LogP contribution >= 0.6 is 23.2 Å². The Kier molecular flexibility index (Phi) is 7.88. The highest BCUT2D eigenvalue weighted by Crippen LogP contribution is 2.22. The molecule has 0 saturated carbocycles. The van der Waals surface area contributed by atoms with Gasteiger partial charge in [-0.25, -0.2) is 5.43 Å². The van der Waals surface area contributed by atoms with E-state index in [0.717, 1.165) is 5.56 Å². The highest BCUT2D eigenvalue weighted by Gasteiger charge is 2.06. The molecule has 31 heavy (non-hydrogen) atoms. The largest absolute Gasteiger partial charge is 0.488 e. The van der Waals surface area contributed by atoms with Gasteiger partial charge in [-0.1, -0.05) is 35.3 Å². The molecule has 0 radical (unpaired) electrons. The Balaban J connectivity index is 1.56. The molecule has 0 aliphatic carbocycles. The first-order valence-corrected chi connectivity index (χ1v) is 9.91. The monoisotopic (exact) mass is 453 g/mol. The van der Waals surface area contributed by atoms with Gasteiger partial charge in [0.25, 0.3) is 5.91 Å². The SMILES string of the molecule is N#Cc1ccc(COc2ccc(Cl)cc2/C=N/NC(=O)COc2ccc(Cl)cc2)cc1. The zero-order valence-electron chi connectivity index (χ0n) is 16.2. The summed E-state index contributed by atoms with van der Waals surface area (Å²) in [5.41, 5.74) is 4.48. The lowest BCUT2D eigenvalue weighted by molar-refractivity contribution is -0.123. The number of hydrogen-bond donors (Lipinski definition) is 1. The van der Waals surface area contributed by atoms with E-state index in [4.69, 9.17) is 37.9 Å². The predicted molar refractivity (Wildman–Crippen MR) is 120 cm³/mol. The Morgan fingerprint density at radius 3 is 2.42 bits per heavy atom. The summed E-state index contributed by atoms with van der Waals surface area (Å²) in [6, 6.07) is 21.0. The van der Waals surface area contributed by atoms with E-state index in [1.807, 2.05) is 12.1 Å². The van der Waals surface area contributed by atoms with Gasteiger partial charge < -0.3 is 9.47 Å². The summed E-state index contributed by atoms with van der Waals surface area (Å²) in [4.78, 5) is 11.9. The van der Waals surface area contributed by atoms with Gasteiger partial charge in [-0.05, 0) is 60.2 Å². The van der Waals surface area contributed by atoms with E-state index in [2.05, 4.69) is 16.6 Å². The molecule has 6 nitrogen and oxygen atoms in total. The van der Waals surface area contributed by atoms with Crippen molar-refractivity contribution in [1.29, 1.82) is 5.26 Å². The second-order valence-electron chi connectivity index (χ2n) is 6.32. The Hall–Kier alpha value is -3.53. The van der Waals surface area contributed by atoms with Crippen molar-refractivity contribution in [1.82, 2.24) is 5.43 Å². The number of nitrogens with one attached hydrogen (secondary N) is 1. The lowest BCUT2D eigenvalue weighted by atomic mass is 10.1. The molecule has 0 aliphatic heterocycles. The fourth-order valence-electron chi connectivity index (χ4n) is 2.47. The molecule has 3 rings (SSSR count). The number of ether oxygens (including phenoxy) is 2. The van der Waals surface area contributed by atoms with E-state index in [9.17, 15) is 4.79 Å². The quantitative estimate of drug-likeness (QED) is 0.385. The molecular formula is C23H17Cl2N3O3. The lowest BCUT2D eigenvalue weighted by Crippen LogP contribution is -2.24. The zero-order valence-corrected chi connectivity index (χ0v) is 17.7. The zero-order chi connectivity index (χ0) is 22.1. The van der Waals surface area contributed by atoms with E-state index >= 15 is 0 Å². The molecule has 0 unspecified atom stereocenters. The minimum Gasteiger partial charge on any atom is -0.488 e. The van der Waals surface area contributed by atoms with Crippen LogP contribution in [0.4, 0.5) is 0 Å². The number of benzene rings is 3. The van der Waals surface area contributed by atoms with Crippen LogP contribution in [0.3, 0.4) is 0 Å². The maximum Gasteiger partial charge on any atom is 0.277 e. The molecule has 156 valence electrons. The Morgan fingerprint density at radius 1 is 1.00 bits per heavy atom. The number of hydrazone groups is 1. The third-order valence-electron chi connectivity index (χ3n) is 4.03. The van der Waals surface area contributed by atoms with E-state index in [1.54, 1.807) is 54.6 Å². The summed E-state index contributed by atoms with van der Waals surface area (Å²) in [5.74, 6) is 0.648. The third-order valence-corrected chi connectivity index (χ3v) is 4.51. The van der Waals surface area contributed by atoms with E-state index in [0.29, 0.717) is 39.3 Å². The van der Waals surface area contributed by atoms with Crippen molar-refractivity contribution in [2.45, 2.75) is 6.61 Å². The van der Waals surface area contributed by atoms with Gasteiger partial charge >= 0.3 is 0 Å². The molecule has 0 spiro atoms. The van der Waals surface area contributed by atoms with E-state index in [1.165, 1.54) is 6.21 Å². The van der Waals surface area contributed by atoms with Crippen molar-refractivity contribution >= 4 is 35.3 Å². The van der Waals surface area contributed by atoms with Gasteiger partial charge in [0.2, 0.25) is 0 Å². The van der Waals surface area contributed by atoms with Gasteiger partial charge in [0, 0.05) is 15.6 Å². The van der Waals surface area contributed by atoms with Gasteiger partial charge in [-0.3, -0.25) is 4.79 Å². The lowest BCUT2D eigenvalue weighted by Gasteiger charge is -2.10. The van der Waals surface area contributed by atoms with Gasteiger partial charge in [-0.15, -0.1) is 0 Å². The van der Waals surface area contributed by atoms with Crippen molar-refractivity contribution in [3.05, 3.63) is 93.5 Å². The molecular weight excluding hydrogens is 437 g/mol. The van der Waals surface area contributed by atoms with Gasteiger partial charge in [0.15, 0.2) is 6.61 Å². The third kappa shape index (κ3) is 7.03. The summed E-state index contributed by atoms with van der Waals surface area (Å²) in [7, 11) is 0. The van der Waals surface area contributed by atoms with Crippen molar-refractivity contribution in [2.24, 2.45) is 5.10 Å². The summed E-state index contributed by atoms with van der Waals surface area (Å²) in [6.45, 7) is 0.103. The maximum absolute atomic E-state index is 11.9. The van der Waals surface area contributed by atoms with Crippen LogP contribution < -0.4 is 14.9 Å². The normalized spacial score (nSPS) is 10.5. The number of halogens is 2. The van der Waals surface area contributed by atoms with E-state index < -0.39 is 5.91 Å². The van der Waals surface area contributed by atoms with Crippen LogP contribution in [-0.2, 0) is 11.4 Å². The van der Waals surface area contributed by atoms with Gasteiger partial charge in [0.05, 0.1) is 17.8 Å². The number of carbonyl (C=O) groups excluding carboxylic acids is 1. The predicted octanol–water partition coefficient (Wildman–Crippen LogP) is 4.97. The molecule has 0 aromatic heterocycles. The molecule has 0 aliphatic rings. The first-order valence-electron chi connectivity index (χ1n) is 9.15. The van der Waals surface area contributed by atoms with Crippen LogP contribution in [0.5, 0.6) is 11.5 Å². The molecule has 1 amide bonds. The van der Waals surface area contributed by atoms with Crippen molar-refractivity contribution < 1.29 is 14.3 Å². The average Bonchev–Trinajstić information content (AvgIpc) is 2.78. The first-order chi connectivity index (χ1) is 15.0. The van der Waals surface area contributed by atoms with Crippen molar-refractivity contribution in [3.63, 3.8) is 0 Å². The number of rotatable bonds is 8. The summed E-state index contributed by atoms with van der Waals surface area (Å²) in [6.07, 6.45) is 1.44. The fraction of sp³-hybridized carbons (Fsp3) is 0.0870. The first kappa shape index (κ1) is 22.2. The summed E-state index contributed by atoms with van der Waals surface area (Å²) < 4.78 is 11.2. The van der Waals surface area contributed by atoms with Crippen LogP contribution in [0.1, 0.15) is 16.7 Å². The highest BCUT2D eigenvalue weighted by molar-refractivity contribution is 6.31. The number of amides is 1. The molecule has 3 aromatic carbocycles. The molecule has 0 atom stereocenters. The van der Waals surface area contributed by atoms with Crippen LogP contribution in [0.2, 0.25) is 10.0 Å². The molecule has 1 N–H and O–H groups in total. The van der Waals surface area contributed by atoms with Crippen molar-refractivity contribution in [3.8, 4) is 17.6 Å². The van der Waals surface area contributed by atoms with E-state index in [-0.39, 0.29) is 6.61 Å². The second-order valence-corrected chi connectivity index (χ2v) is 7.19. The second kappa shape index (κ2) is 11.0. The van der Waals surface area contributed by atoms with Crippen LogP contribution in [0.25, 0.3) is 0 Å². The fourth-order valence-corrected chi connectivity index (χ4v) is 2.78. The average molecular weight is 454 g/mol. The molecule has 0 bridgehead atoms. The molecule has 3 aromatic rings. The molecule has 0 fully saturated rings.